The minimum absolute atomic E-state index is 0. The van der Waals surface area contributed by atoms with Gasteiger partial charge in [0.15, 0.2) is 0 Å². The van der Waals surface area contributed by atoms with E-state index in [2.05, 4.69) is 5.32 Å². The molecule has 0 radical (unpaired) electrons. The number of fused-ring (bicyclic) bond motifs is 1. The van der Waals surface area contributed by atoms with Gasteiger partial charge >= 0.3 is 6.75 Å². The van der Waals surface area contributed by atoms with E-state index in [-0.39, 0.29) is 56.2 Å². The first-order valence-corrected chi connectivity index (χ1v) is 9.28. The van der Waals surface area contributed by atoms with Gasteiger partial charge in [0.05, 0.1) is 36.5 Å². The Morgan fingerprint density at radius 3 is 2.66 bits per heavy atom. The number of nitrogens with one attached hydrogen (secondary N) is 1. The van der Waals surface area contributed by atoms with Gasteiger partial charge in [0.1, 0.15) is 17.9 Å². The fraction of sp³-hybridized carbons (Fsp3) is 0.556. The van der Waals surface area contributed by atoms with Crippen molar-refractivity contribution in [1.82, 2.24) is 10.2 Å². The number of carbonyl (C=O) groups is 2. The number of aliphatic hydroxyl groups excluding tert-OH is 1. The third kappa shape index (κ3) is 4.04. The van der Waals surface area contributed by atoms with Gasteiger partial charge in [0.2, 0.25) is 5.91 Å². The number of hydrogen-bond donors (Lipinski definition) is 4. The van der Waals surface area contributed by atoms with Crippen LogP contribution in [0, 0.1) is 0 Å². The maximum Gasteiger partial charge on any atom is 0.430 e. The average Bonchev–Trinajstić information content (AvgIpc) is 3.01. The molecule has 2 saturated heterocycles. The first-order valence-electron chi connectivity index (χ1n) is 9.28. The summed E-state index contributed by atoms with van der Waals surface area (Å²) in [7, 11) is 0. The van der Waals surface area contributed by atoms with Gasteiger partial charge in [0.25, 0.3) is 0 Å². The Labute approximate surface area is 168 Å². The number of aliphatic hydroxyl groups is 1. The van der Waals surface area contributed by atoms with E-state index < -0.39 is 31.0 Å². The third-order valence-electron chi connectivity index (χ3n) is 5.41. The van der Waals surface area contributed by atoms with E-state index >= 15 is 0 Å². The molecule has 1 amide bonds. The molecule has 4 N–H and O–H groups in total. The van der Waals surface area contributed by atoms with Crippen LogP contribution >= 0.6 is 0 Å². The van der Waals surface area contributed by atoms with Crippen molar-refractivity contribution in [3.8, 4) is 11.5 Å². The van der Waals surface area contributed by atoms with Crippen LogP contribution in [0.5, 0.6) is 11.5 Å². The molecule has 10 nitrogen and oxygen atoms in total. The van der Waals surface area contributed by atoms with Crippen LogP contribution < -0.4 is 19.8 Å². The number of nitrogens with zero attached hydrogens (tertiary/aromatic N) is 1. The van der Waals surface area contributed by atoms with E-state index in [1.807, 2.05) is 0 Å². The van der Waals surface area contributed by atoms with Crippen LogP contribution in [0.3, 0.4) is 0 Å². The Morgan fingerprint density at radius 1 is 1.31 bits per heavy atom. The Kier molecular flexibility index (Phi) is 5.77. The second-order valence-electron chi connectivity index (χ2n) is 7.50. The molecule has 3 heterocycles. The number of likely N-dealkylation sites (tertiary alicyclic amines) is 1. The van der Waals surface area contributed by atoms with Crippen LogP contribution in [0.25, 0.3) is 0 Å². The van der Waals surface area contributed by atoms with Gasteiger partial charge in [-0.05, 0) is 31.0 Å². The summed E-state index contributed by atoms with van der Waals surface area (Å²) in [4.78, 5) is 25.5. The number of carbonyl (C=O) groups excluding carboxylic acids is 2. The van der Waals surface area contributed by atoms with Crippen molar-refractivity contribution in [2.24, 2.45) is 0 Å². The maximum atomic E-state index is 12.3. The Bertz CT molecular complexity index is 811. The summed E-state index contributed by atoms with van der Waals surface area (Å²) in [6.07, 6.45) is -0.395. The smallest absolute Gasteiger partial charge is 0.430 e. The molecule has 0 spiro atoms. The number of ether oxygens (including phenoxy) is 1. The van der Waals surface area contributed by atoms with Crippen LogP contribution in [0.2, 0.25) is 6.32 Å². The number of benzene rings is 1. The van der Waals surface area contributed by atoms with E-state index in [1.54, 1.807) is 6.07 Å². The third-order valence-corrected chi connectivity index (χ3v) is 5.41. The van der Waals surface area contributed by atoms with Crippen LogP contribution in [-0.2, 0) is 11.2 Å². The Hall–Kier alpha value is -2.34. The fourth-order valence-corrected chi connectivity index (χ4v) is 3.83. The normalized spacial score (nSPS) is 25.3. The lowest BCUT2D eigenvalue weighted by molar-refractivity contribution is -0.255. The molecule has 0 bridgehead atoms. The van der Waals surface area contributed by atoms with Crippen LogP contribution in [-0.4, -0.2) is 76.6 Å². The van der Waals surface area contributed by atoms with Gasteiger partial charge < -0.3 is 44.7 Å². The largest absolute Gasteiger partial charge is 0.669 e. The van der Waals surface area contributed by atoms with Gasteiger partial charge in [-0.2, -0.15) is 0 Å². The zero-order valence-electron chi connectivity index (χ0n) is 15.0. The quantitative estimate of drug-likeness (QED) is 0.409. The standard InChI is InChI=1S/C17H22BN2O8.CH4/c21-11-4-6-19-14(11)16(22)20-7-10(8-20)27-12-2-1-9-3-5-18(25,26)28-15(9)13(12)17(23)24;/h1-2,10-11,14,19,21,25-26H,3-8H2,(H,23,24);1H4/q-1;/p-1/t11-,14+;/m1./s1. The molecular formula is C18H25BN2O8-2. The SMILES string of the molecule is C.O=C([O-])c1c(OC2CN(C(=O)[C@H]3NCC[C@H]3O)C2)ccc2c1O[B-](O)(O)CC2. The highest BCUT2D eigenvalue weighted by Crippen LogP contribution is 2.38. The lowest BCUT2D eigenvalue weighted by Gasteiger charge is -2.42. The predicted octanol–water partition coefficient (Wildman–Crippen LogP) is -2.14. The first kappa shape index (κ1) is 21.4. The zero-order chi connectivity index (χ0) is 20.1. The van der Waals surface area contributed by atoms with Crippen LogP contribution in [0.4, 0.5) is 0 Å². The zero-order valence-corrected chi connectivity index (χ0v) is 15.0. The number of carboxylic acid groups (broad SMARTS) is 1. The molecule has 4 rings (SSSR count). The molecule has 2 fully saturated rings. The first-order chi connectivity index (χ1) is 13.2. The second kappa shape index (κ2) is 7.83. The summed E-state index contributed by atoms with van der Waals surface area (Å²) >= 11 is 0. The molecule has 0 saturated carbocycles. The number of hydrogen-bond acceptors (Lipinski definition) is 9. The highest BCUT2D eigenvalue weighted by atomic mass is 16.6. The van der Waals surface area contributed by atoms with Crippen LogP contribution in [0.15, 0.2) is 12.1 Å². The van der Waals surface area contributed by atoms with Gasteiger partial charge in [-0.15, -0.1) is 0 Å². The number of rotatable bonds is 4. The summed E-state index contributed by atoms with van der Waals surface area (Å²) < 4.78 is 10.8. The molecule has 0 unspecified atom stereocenters. The van der Waals surface area contributed by atoms with E-state index in [1.165, 1.54) is 11.0 Å². The van der Waals surface area contributed by atoms with Crippen molar-refractivity contribution in [2.45, 2.75) is 44.8 Å². The number of aromatic carboxylic acids is 1. The Morgan fingerprint density at radius 2 is 2.03 bits per heavy atom. The lowest BCUT2D eigenvalue weighted by Crippen LogP contribution is -2.61. The number of aryl methyl sites for hydroxylation is 1. The van der Waals surface area contributed by atoms with E-state index in [0.717, 1.165) is 0 Å². The maximum absolute atomic E-state index is 12.3. The van der Waals surface area contributed by atoms with Gasteiger partial charge in [-0.3, -0.25) is 4.79 Å². The minimum Gasteiger partial charge on any atom is -0.669 e. The van der Waals surface area contributed by atoms with Crippen molar-refractivity contribution in [1.29, 1.82) is 0 Å². The highest BCUT2D eigenvalue weighted by Gasteiger charge is 2.40. The molecule has 3 aliphatic rings. The van der Waals surface area contributed by atoms with E-state index in [0.29, 0.717) is 18.5 Å². The second-order valence-corrected chi connectivity index (χ2v) is 7.50. The highest BCUT2D eigenvalue weighted by molar-refractivity contribution is 6.59. The van der Waals surface area contributed by atoms with Crippen molar-refractivity contribution in [3.63, 3.8) is 0 Å². The average molecular weight is 408 g/mol. The Balaban J connectivity index is 0.00000240. The molecule has 2 atom stereocenters. The number of amides is 1. The molecule has 29 heavy (non-hydrogen) atoms. The molecule has 0 aromatic heterocycles. The molecular weight excluding hydrogens is 383 g/mol. The van der Waals surface area contributed by atoms with Crippen molar-refractivity contribution < 1.29 is 39.2 Å². The molecule has 0 aliphatic carbocycles. The summed E-state index contributed by atoms with van der Waals surface area (Å²) in [6.45, 7) is -2.05. The van der Waals surface area contributed by atoms with Gasteiger partial charge in [-0.1, -0.05) is 19.8 Å². The summed E-state index contributed by atoms with van der Waals surface area (Å²) in [5.41, 5.74) is 0.156. The summed E-state index contributed by atoms with van der Waals surface area (Å²) in [5.74, 6) is -1.93. The minimum atomic E-state index is -3.13. The molecule has 160 valence electrons. The van der Waals surface area contributed by atoms with Crippen molar-refractivity contribution in [2.75, 3.05) is 19.6 Å². The van der Waals surface area contributed by atoms with Crippen molar-refractivity contribution in [3.05, 3.63) is 23.3 Å². The topological polar surface area (TPSA) is 152 Å². The monoisotopic (exact) mass is 408 g/mol. The van der Waals surface area contributed by atoms with E-state index in [9.17, 15) is 29.9 Å². The van der Waals surface area contributed by atoms with Gasteiger partial charge in [-0.25, -0.2) is 0 Å². The number of carboxylic acids is 1. The predicted molar refractivity (Wildman–Crippen MR) is 100 cm³/mol. The fourth-order valence-electron chi connectivity index (χ4n) is 3.83. The summed E-state index contributed by atoms with van der Waals surface area (Å²) in [5, 5.41) is 43.9. The van der Waals surface area contributed by atoms with E-state index in [4.69, 9.17) is 9.39 Å². The molecule has 1 aromatic carbocycles. The summed E-state index contributed by atoms with van der Waals surface area (Å²) in [6, 6.07) is 2.47. The van der Waals surface area contributed by atoms with Gasteiger partial charge in [0, 0.05) is 0 Å². The van der Waals surface area contributed by atoms with Crippen molar-refractivity contribution >= 4 is 18.6 Å². The molecule has 3 aliphatic heterocycles. The molecule has 1 aromatic rings. The van der Waals surface area contributed by atoms with Crippen LogP contribution in [0.1, 0.15) is 29.8 Å². The molecule has 11 heteroatoms. The lowest BCUT2D eigenvalue weighted by atomic mass is 9.70.